The summed E-state index contributed by atoms with van der Waals surface area (Å²) in [6.45, 7) is 13.4. The first-order valence-electron chi connectivity index (χ1n) is 10.2. The van der Waals surface area contributed by atoms with Crippen molar-refractivity contribution in [1.29, 1.82) is 0 Å². The molecule has 0 spiro atoms. The first-order chi connectivity index (χ1) is 11.6. The van der Waals surface area contributed by atoms with Crippen LogP contribution in [0.1, 0.15) is 91.9 Å². The lowest BCUT2D eigenvalue weighted by molar-refractivity contribution is 0.411. The first-order valence-corrected chi connectivity index (χ1v) is 11.0. The molecule has 0 aliphatic carbocycles. The molecular formula is C20H40N2S2. The molecule has 0 fully saturated rings. The van der Waals surface area contributed by atoms with Crippen LogP contribution in [-0.2, 0) is 0 Å². The van der Waals surface area contributed by atoms with E-state index in [1.807, 2.05) is 0 Å². The highest BCUT2D eigenvalue weighted by Gasteiger charge is 2.08. The molecule has 0 aromatic carbocycles. The molecule has 0 rings (SSSR count). The Morgan fingerprint density at radius 2 is 0.833 bits per heavy atom. The van der Waals surface area contributed by atoms with E-state index in [9.17, 15) is 0 Å². The summed E-state index contributed by atoms with van der Waals surface area (Å²) in [6, 6.07) is 0. The van der Waals surface area contributed by atoms with Gasteiger partial charge in [0.2, 0.25) is 0 Å². The van der Waals surface area contributed by atoms with Gasteiger partial charge in [-0.1, -0.05) is 65.0 Å². The van der Waals surface area contributed by atoms with Crippen LogP contribution < -0.4 is 0 Å². The van der Waals surface area contributed by atoms with Gasteiger partial charge in [-0.25, -0.2) is 0 Å². The molecule has 0 saturated heterocycles. The Balaban J connectivity index is 3.85. The van der Waals surface area contributed by atoms with Gasteiger partial charge in [0.05, 0.1) is 9.98 Å². The van der Waals surface area contributed by atoms with Crippen LogP contribution in [0.5, 0.6) is 0 Å². The quantitative estimate of drug-likeness (QED) is 0.248. The van der Waals surface area contributed by atoms with Crippen LogP contribution in [0.3, 0.4) is 0 Å². The van der Waals surface area contributed by atoms with E-state index in [4.69, 9.17) is 24.4 Å². The second-order valence-corrected chi connectivity index (χ2v) is 7.62. The summed E-state index contributed by atoms with van der Waals surface area (Å²) in [6.07, 6.45) is 11.9. The molecule has 0 atom stereocenters. The van der Waals surface area contributed by atoms with E-state index in [2.05, 4.69) is 37.5 Å². The lowest BCUT2D eigenvalue weighted by Gasteiger charge is -2.24. The molecule has 142 valence electrons. The second kappa shape index (κ2) is 16.3. The molecule has 2 nitrogen and oxygen atoms in total. The van der Waals surface area contributed by atoms with Gasteiger partial charge in [0.25, 0.3) is 0 Å². The SMILES string of the molecule is CCCN(CCC)C(=S)CCCCCCC(=S)N(CCC)CCC. The van der Waals surface area contributed by atoms with E-state index in [0.717, 1.165) is 39.0 Å². The van der Waals surface area contributed by atoms with Gasteiger partial charge < -0.3 is 9.80 Å². The molecule has 0 amide bonds. The number of nitrogens with zero attached hydrogens (tertiary/aromatic N) is 2. The maximum atomic E-state index is 5.62. The third-order valence-electron chi connectivity index (χ3n) is 4.21. The van der Waals surface area contributed by atoms with Gasteiger partial charge >= 0.3 is 0 Å². The Labute approximate surface area is 162 Å². The lowest BCUT2D eigenvalue weighted by Crippen LogP contribution is -2.31. The molecule has 0 aliphatic heterocycles. The van der Waals surface area contributed by atoms with Crippen molar-refractivity contribution in [2.75, 3.05) is 26.2 Å². The van der Waals surface area contributed by atoms with Gasteiger partial charge in [0.15, 0.2) is 0 Å². The topological polar surface area (TPSA) is 6.48 Å². The molecular weight excluding hydrogens is 332 g/mol. The average Bonchev–Trinajstić information content (AvgIpc) is 2.57. The fourth-order valence-electron chi connectivity index (χ4n) is 3.02. The number of unbranched alkanes of at least 4 members (excludes halogenated alkanes) is 3. The first kappa shape index (κ1) is 23.8. The van der Waals surface area contributed by atoms with Crippen molar-refractivity contribution in [2.24, 2.45) is 0 Å². The van der Waals surface area contributed by atoms with E-state index in [-0.39, 0.29) is 0 Å². The summed E-state index contributed by atoms with van der Waals surface area (Å²) >= 11 is 11.2. The highest BCUT2D eigenvalue weighted by atomic mass is 32.1. The lowest BCUT2D eigenvalue weighted by atomic mass is 10.1. The average molecular weight is 373 g/mol. The highest BCUT2D eigenvalue weighted by Crippen LogP contribution is 2.11. The minimum Gasteiger partial charge on any atom is -0.366 e. The molecule has 0 bridgehead atoms. The monoisotopic (exact) mass is 372 g/mol. The fraction of sp³-hybridized carbons (Fsp3) is 0.900. The van der Waals surface area contributed by atoms with E-state index >= 15 is 0 Å². The minimum absolute atomic E-state index is 1.08. The zero-order chi connectivity index (χ0) is 18.2. The van der Waals surface area contributed by atoms with E-state index in [0.29, 0.717) is 0 Å². The molecule has 24 heavy (non-hydrogen) atoms. The predicted molar refractivity (Wildman–Crippen MR) is 117 cm³/mol. The van der Waals surface area contributed by atoms with Gasteiger partial charge in [-0.3, -0.25) is 0 Å². The summed E-state index contributed by atoms with van der Waals surface area (Å²) in [5, 5.41) is 0. The Morgan fingerprint density at radius 3 is 1.08 bits per heavy atom. The predicted octanol–water partition coefficient (Wildman–Crippen LogP) is 6.23. The van der Waals surface area contributed by atoms with Gasteiger partial charge in [0.1, 0.15) is 0 Å². The molecule has 0 saturated carbocycles. The smallest absolute Gasteiger partial charge is 0.0779 e. The van der Waals surface area contributed by atoms with Crippen molar-refractivity contribution in [3.63, 3.8) is 0 Å². The van der Waals surface area contributed by atoms with Crippen LogP contribution in [0.15, 0.2) is 0 Å². The van der Waals surface area contributed by atoms with Crippen molar-refractivity contribution < 1.29 is 0 Å². The second-order valence-electron chi connectivity index (χ2n) is 6.68. The van der Waals surface area contributed by atoms with Crippen molar-refractivity contribution in [3.05, 3.63) is 0 Å². The van der Waals surface area contributed by atoms with Gasteiger partial charge in [-0.2, -0.15) is 0 Å². The molecule has 0 heterocycles. The molecule has 0 unspecified atom stereocenters. The van der Waals surface area contributed by atoms with Crippen LogP contribution in [0.4, 0.5) is 0 Å². The Kier molecular flexibility index (Phi) is 16.1. The molecule has 0 radical (unpaired) electrons. The van der Waals surface area contributed by atoms with Gasteiger partial charge in [-0.15, -0.1) is 0 Å². The molecule has 0 N–H and O–H groups in total. The standard InChI is InChI=1S/C20H40N2S2/c1-5-15-21(16-6-2)19(23)13-11-9-10-12-14-20(24)22(17-7-3)18-8-4/h5-18H2,1-4H3. The summed E-state index contributed by atoms with van der Waals surface area (Å²) in [7, 11) is 0. The molecule has 0 aromatic heterocycles. The zero-order valence-corrected chi connectivity index (χ0v) is 18.2. The van der Waals surface area contributed by atoms with Crippen LogP contribution in [-0.4, -0.2) is 46.0 Å². The summed E-state index contributed by atoms with van der Waals surface area (Å²) in [5.74, 6) is 0. The third-order valence-corrected chi connectivity index (χ3v) is 5.14. The number of rotatable bonds is 15. The van der Waals surface area contributed by atoms with Gasteiger partial charge in [-0.05, 0) is 51.4 Å². The van der Waals surface area contributed by atoms with Crippen LogP contribution in [0.25, 0.3) is 0 Å². The van der Waals surface area contributed by atoms with Crippen molar-refractivity contribution in [2.45, 2.75) is 91.9 Å². The van der Waals surface area contributed by atoms with Crippen molar-refractivity contribution in [3.8, 4) is 0 Å². The van der Waals surface area contributed by atoms with E-state index in [1.54, 1.807) is 0 Å². The zero-order valence-electron chi connectivity index (χ0n) is 16.6. The summed E-state index contributed by atoms with van der Waals surface area (Å²) in [5.41, 5.74) is 0. The summed E-state index contributed by atoms with van der Waals surface area (Å²) < 4.78 is 0. The van der Waals surface area contributed by atoms with Crippen LogP contribution >= 0.6 is 24.4 Å². The normalized spacial score (nSPS) is 10.7. The maximum Gasteiger partial charge on any atom is 0.0779 e. The number of hydrogen-bond donors (Lipinski definition) is 0. The highest BCUT2D eigenvalue weighted by molar-refractivity contribution is 7.80. The third kappa shape index (κ3) is 11.4. The Bertz CT molecular complexity index is 288. The largest absolute Gasteiger partial charge is 0.366 e. The maximum absolute atomic E-state index is 5.62. The molecule has 0 aliphatic rings. The summed E-state index contributed by atoms with van der Waals surface area (Å²) in [4.78, 5) is 7.15. The molecule has 4 heteroatoms. The Morgan fingerprint density at radius 1 is 0.542 bits per heavy atom. The van der Waals surface area contributed by atoms with Crippen molar-refractivity contribution >= 4 is 34.4 Å². The van der Waals surface area contributed by atoms with E-state index < -0.39 is 0 Å². The number of hydrogen-bond acceptors (Lipinski definition) is 2. The fourth-order valence-corrected chi connectivity index (χ4v) is 3.68. The molecule has 0 aromatic rings. The van der Waals surface area contributed by atoms with E-state index in [1.165, 1.54) is 61.3 Å². The minimum atomic E-state index is 1.08. The van der Waals surface area contributed by atoms with Crippen molar-refractivity contribution in [1.82, 2.24) is 9.80 Å². The van der Waals surface area contributed by atoms with Crippen LogP contribution in [0, 0.1) is 0 Å². The van der Waals surface area contributed by atoms with Crippen LogP contribution in [0.2, 0.25) is 0 Å². The van der Waals surface area contributed by atoms with Gasteiger partial charge in [0, 0.05) is 26.2 Å². The Hall–Kier alpha value is -0.220. The number of thiocarbonyl (C=S) groups is 2.